The SMILES string of the molecule is COC(=O)c1c(Cl)coc1-c1ccc(O)cc1. The Morgan fingerprint density at radius 3 is 2.59 bits per heavy atom. The number of furan rings is 1. The van der Waals surface area contributed by atoms with Gasteiger partial charge in [0.15, 0.2) is 0 Å². The molecule has 1 N–H and O–H groups in total. The second kappa shape index (κ2) is 4.51. The lowest BCUT2D eigenvalue weighted by molar-refractivity contribution is 0.0601. The van der Waals surface area contributed by atoms with Crippen molar-refractivity contribution in [3.8, 4) is 17.1 Å². The van der Waals surface area contributed by atoms with Crippen LogP contribution in [0.15, 0.2) is 34.9 Å². The smallest absolute Gasteiger partial charge is 0.343 e. The summed E-state index contributed by atoms with van der Waals surface area (Å²) in [7, 11) is 1.27. The van der Waals surface area contributed by atoms with E-state index in [9.17, 15) is 9.90 Å². The van der Waals surface area contributed by atoms with Crippen LogP contribution >= 0.6 is 11.6 Å². The van der Waals surface area contributed by atoms with E-state index in [1.54, 1.807) is 12.1 Å². The zero-order valence-corrected chi connectivity index (χ0v) is 9.69. The van der Waals surface area contributed by atoms with E-state index in [2.05, 4.69) is 4.74 Å². The van der Waals surface area contributed by atoms with Crippen molar-refractivity contribution in [3.63, 3.8) is 0 Å². The first-order chi connectivity index (χ1) is 8.13. The number of carbonyl (C=O) groups is 1. The minimum Gasteiger partial charge on any atom is -0.508 e. The Kier molecular flexibility index (Phi) is 3.06. The van der Waals surface area contributed by atoms with Crippen LogP contribution in [0.25, 0.3) is 11.3 Å². The van der Waals surface area contributed by atoms with Crippen molar-refractivity contribution in [1.82, 2.24) is 0 Å². The van der Waals surface area contributed by atoms with Crippen molar-refractivity contribution in [2.24, 2.45) is 0 Å². The van der Waals surface area contributed by atoms with Crippen LogP contribution in [0.4, 0.5) is 0 Å². The van der Waals surface area contributed by atoms with E-state index in [0.717, 1.165) is 0 Å². The topological polar surface area (TPSA) is 59.7 Å². The maximum atomic E-state index is 11.5. The van der Waals surface area contributed by atoms with Gasteiger partial charge in [-0.25, -0.2) is 4.79 Å². The summed E-state index contributed by atoms with van der Waals surface area (Å²) in [5.74, 6) is -0.111. The summed E-state index contributed by atoms with van der Waals surface area (Å²) < 4.78 is 9.86. The number of benzene rings is 1. The summed E-state index contributed by atoms with van der Waals surface area (Å²) >= 11 is 5.86. The molecular formula is C12H9ClO4. The summed E-state index contributed by atoms with van der Waals surface area (Å²) in [5, 5.41) is 9.38. The predicted octanol–water partition coefficient (Wildman–Crippen LogP) is 3.09. The minimum absolute atomic E-state index is 0.131. The number of methoxy groups -OCH3 is 1. The highest BCUT2D eigenvalue weighted by atomic mass is 35.5. The number of esters is 1. The molecule has 2 aromatic rings. The van der Waals surface area contributed by atoms with Crippen LogP contribution in [0.5, 0.6) is 5.75 Å². The molecule has 0 aliphatic rings. The summed E-state index contributed by atoms with van der Waals surface area (Å²) in [6.45, 7) is 0. The average Bonchev–Trinajstić information content (AvgIpc) is 2.71. The lowest BCUT2D eigenvalue weighted by Crippen LogP contribution is -2.01. The summed E-state index contributed by atoms with van der Waals surface area (Å²) in [6.07, 6.45) is 1.27. The van der Waals surface area contributed by atoms with Crippen LogP contribution in [0.3, 0.4) is 0 Å². The minimum atomic E-state index is -0.563. The Bertz CT molecular complexity index is 542. The van der Waals surface area contributed by atoms with Crippen molar-refractivity contribution < 1.29 is 19.1 Å². The van der Waals surface area contributed by atoms with Gasteiger partial charge in [-0.3, -0.25) is 0 Å². The molecule has 0 saturated carbocycles. The largest absolute Gasteiger partial charge is 0.508 e. The maximum absolute atomic E-state index is 11.5. The number of phenols is 1. The van der Waals surface area contributed by atoms with Crippen LogP contribution < -0.4 is 0 Å². The second-order valence-corrected chi connectivity index (χ2v) is 3.73. The number of hydrogen-bond acceptors (Lipinski definition) is 4. The highest BCUT2D eigenvalue weighted by Gasteiger charge is 2.21. The predicted molar refractivity (Wildman–Crippen MR) is 62.2 cm³/mol. The van der Waals surface area contributed by atoms with Crippen LogP contribution in [0, 0.1) is 0 Å². The zero-order chi connectivity index (χ0) is 12.4. The van der Waals surface area contributed by atoms with E-state index < -0.39 is 5.97 Å². The normalized spacial score (nSPS) is 10.2. The van der Waals surface area contributed by atoms with Crippen LogP contribution in [0.2, 0.25) is 5.02 Å². The van der Waals surface area contributed by atoms with E-state index in [0.29, 0.717) is 11.3 Å². The van der Waals surface area contributed by atoms with Crippen molar-refractivity contribution in [3.05, 3.63) is 41.1 Å². The first-order valence-electron chi connectivity index (χ1n) is 4.78. The summed E-state index contributed by atoms with van der Waals surface area (Å²) in [4.78, 5) is 11.5. The Hall–Kier alpha value is -1.94. The number of rotatable bonds is 2. The molecule has 2 rings (SSSR count). The Labute approximate surface area is 102 Å². The highest BCUT2D eigenvalue weighted by Crippen LogP contribution is 2.32. The number of ether oxygens (including phenoxy) is 1. The van der Waals surface area contributed by atoms with Crippen molar-refractivity contribution >= 4 is 17.6 Å². The molecule has 1 aromatic carbocycles. The van der Waals surface area contributed by atoms with Crippen molar-refractivity contribution in [2.75, 3.05) is 7.11 Å². The van der Waals surface area contributed by atoms with E-state index in [1.807, 2.05) is 0 Å². The Balaban J connectivity index is 2.52. The third-order valence-electron chi connectivity index (χ3n) is 2.27. The maximum Gasteiger partial charge on any atom is 0.343 e. The van der Waals surface area contributed by atoms with Gasteiger partial charge >= 0.3 is 5.97 Å². The van der Waals surface area contributed by atoms with Gasteiger partial charge in [-0.1, -0.05) is 11.6 Å². The van der Waals surface area contributed by atoms with Crippen LogP contribution in [0.1, 0.15) is 10.4 Å². The van der Waals surface area contributed by atoms with E-state index in [4.69, 9.17) is 16.0 Å². The average molecular weight is 253 g/mol. The molecule has 0 bridgehead atoms. The van der Waals surface area contributed by atoms with Gasteiger partial charge in [-0.15, -0.1) is 0 Å². The van der Waals surface area contributed by atoms with Crippen molar-refractivity contribution in [2.45, 2.75) is 0 Å². The number of phenolic OH excluding ortho intramolecular Hbond substituents is 1. The number of halogens is 1. The molecule has 0 spiro atoms. The van der Waals surface area contributed by atoms with Gasteiger partial charge in [-0.2, -0.15) is 0 Å². The molecule has 0 aliphatic carbocycles. The molecule has 0 aliphatic heterocycles. The molecule has 17 heavy (non-hydrogen) atoms. The molecule has 88 valence electrons. The number of carbonyl (C=O) groups excluding carboxylic acids is 1. The first kappa shape index (κ1) is 11.5. The molecule has 0 unspecified atom stereocenters. The molecule has 4 nitrogen and oxygen atoms in total. The van der Waals surface area contributed by atoms with Gasteiger partial charge in [0, 0.05) is 5.56 Å². The first-order valence-corrected chi connectivity index (χ1v) is 5.16. The third kappa shape index (κ3) is 2.12. The highest BCUT2D eigenvalue weighted by molar-refractivity contribution is 6.34. The fourth-order valence-corrected chi connectivity index (χ4v) is 1.66. The van der Waals surface area contributed by atoms with E-state index >= 15 is 0 Å². The fraction of sp³-hybridized carbons (Fsp3) is 0.0833. The fourth-order valence-electron chi connectivity index (χ4n) is 1.45. The van der Waals surface area contributed by atoms with Crippen LogP contribution in [-0.2, 0) is 4.74 Å². The second-order valence-electron chi connectivity index (χ2n) is 3.33. The van der Waals surface area contributed by atoms with Gasteiger partial charge in [-0.05, 0) is 24.3 Å². The van der Waals surface area contributed by atoms with Gasteiger partial charge in [0.1, 0.15) is 23.3 Å². The number of aromatic hydroxyl groups is 1. The lowest BCUT2D eigenvalue weighted by Gasteiger charge is -2.01. The molecule has 1 aromatic heterocycles. The van der Waals surface area contributed by atoms with E-state index in [1.165, 1.54) is 25.5 Å². The Morgan fingerprint density at radius 2 is 2.00 bits per heavy atom. The van der Waals surface area contributed by atoms with Crippen LogP contribution in [-0.4, -0.2) is 18.2 Å². The third-order valence-corrected chi connectivity index (χ3v) is 2.54. The quantitative estimate of drug-likeness (QED) is 0.835. The summed E-state index contributed by atoms with van der Waals surface area (Å²) in [5.41, 5.74) is 0.815. The van der Waals surface area contributed by atoms with Gasteiger partial charge < -0.3 is 14.3 Å². The lowest BCUT2D eigenvalue weighted by atomic mass is 10.1. The zero-order valence-electron chi connectivity index (χ0n) is 8.94. The van der Waals surface area contributed by atoms with E-state index in [-0.39, 0.29) is 16.3 Å². The molecule has 1 heterocycles. The molecule has 0 atom stereocenters. The molecule has 5 heteroatoms. The molecular weight excluding hydrogens is 244 g/mol. The van der Waals surface area contributed by atoms with Gasteiger partial charge in [0.2, 0.25) is 0 Å². The Morgan fingerprint density at radius 1 is 1.35 bits per heavy atom. The molecule has 0 fully saturated rings. The molecule has 0 radical (unpaired) electrons. The molecule has 0 amide bonds. The summed E-state index contributed by atoms with van der Waals surface area (Å²) in [6, 6.07) is 6.23. The van der Waals surface area contributed by atoms with Crippen molar-refractivity contribution in [1.29, 1.82) is 0 Å². The monoisotopic (exact) mass is 252 g/mol. The van der Waals surface area contributed by atoms with Gasteiger partial charge in [0.05, 0.1) is 12.1 Å². The number of hydrogen-bond donors (Lipinski definition) is 1. The standard InChI is InChI=1S/C12H9ClO4/c1-16-12(15)10-9(13)6-17-11(10)7-2-4-8(14)5-3-7/h2-6,14H,1H3. The molecule has 0 saturated heterocycles. The van der Waals surface area contributed by atoms with Gasteiger partial charge in [0.25, 0.3) is 0 Å².